The van der Waals surface area contributed by atoms with E-state index < -0.39 is 21.8 Å². The molecule has 6 nitrogen and oxygen atoms in total. The molecule has 0 N–H and O–H groups in total. The van der Waals surface area contributed by atoms with Gasteiger partial charge in [-0.05, 0) is 45.5 Å². The van der Waals surface area contributed by atoms with E-state index in [1.165, 1.54) is 6.54 Å². The molecule has 0 bridgehead atoms. The molecule has 3 rings (SSSR count). The fourth-order valence-corrected chi connectivity index (χ4v) is 7.91. The van der Waals surface area contributed by atoms with Crippen molar-refractivity contribution in [2.24, 2.45) is 11.8 Å². The van der Waals surface area contributed by atoms with E-state index in [0.29, 0.717) is 12.8 Å². The molecule has 0 spiro atoms. The first kappa shape index (κ1) is 41.5. The molecule has 1 heterocycles. The third-order valence-corrected chi connectivity index (χ3v) is 12.2. The molecule has 254 valence electrons. The number of rotatable bonds is 13. The van der Waals surface area contributed by atoms with Crippen LogP contribution >= 0.6 is 31.3 Å². The van der Waals surface area contributed by atoms with Crippen molar-refractivity contribution in [1.29, 1.82) is 0 Å². The van der Waals surface area contributed by atoms with Gasteiger partial charge in [0.05, 0.1) is 0 Å². The minimum atomic E-state index is -2.01. The number of likely N-dealkylation sites (N-methyl/N-ethyl adjacent to an activating group) is 1. The van der Waals surface area contributed by atoms with Gasteiger partial charge in [-0.15, -0.1) is 11.9 Å². The minimum Gasteiger partial charge on any atom is -0.443 e. The zero-order chi connectivity index (χ0) is 33.3. The molecule has 2 fully saturated rings. The van der Waals surface area contributed by atoms with Crippen molar-refractivity contribution in [3.8, 4) is 5.75 Å². The van der Waals surface area contributed by atoms with E-state index in [-0.39, 0.29) is 30.0 Å². The number of hydrogen-bond acceptors (Lipinski definition) is 7. The third-order valence-electron chi connectivity index (χ3n) is 7.27. The van der Waals surface area contributed by atoms with Crippen LogP contribution in [0.2, 0.25) is 19.1 Å². The molecule has 0 radical (unpaired) electrons. The Hall–Kier alpha value is -0.510. The van der Waals surface area contributed by atoms with Gasteiger partial charge in [0.25, 0.3) is 0 Å². The monoisotopic (exact) mass is 775 g/mol. The summed E-state index contributed by atoms with van der Waals surface area (Å²) < 4.78 is 21.6. The number of esters is 1. The zero-order valence-electron chi connectivity index (χ0n) is 28.1. The maximum atomic E-state index is 12.8. The Labute approximate surface area is 286 Å². The summed E-state index contributed by atoms with van der Waals surface area (Å²) in [6.45, 7) is 20.8. The molecule has 2 aliphatic rings. The molecule has 1 saturated carbocycles. The molecule has 3 atom stereocenters. The van der Waals surface area contributed by atoms with Gasteiger partial charge in [-0.2, -0.15) is 6.67 Å². The number of benzene rings is 1. The molecule has 1 aliphatic carbocycles. The van der Waals surface area contributed by atoms with Crippen molar-refractivity contribution in [2.75, 3.05) is 33.5 Å². The predicted octanol–water partition coefficient (Wildman–Crippen LogP) is 8.67. The second-order valence-electron chi connectivity index (χ2n) is 11.5. The van der Waals surface area contributed by atoms with Gasteiger partial charge >= 0.3 is 181 Å². The summed E-state index contributed by atoms with van der Waals surface area (Å²) in [5, 5.41) is 0. The van der Waals surface area contributed by atoms with Crippen LogP contribution in [0.4, 0.5) is 0 Å². The van der Waals surface area contributed by atoms with Gasteiger partial charge in [-0.3, -0.25) is 0 Å². The Balaban J connectivity index is 0.000000824. The maximum absolute atomic E-state index is 12.8. The summed E-state index contributed by atoms with van der Waals surface area (Å²) in [5.74, 6) is 0.987. The van der Waals surface area contributed by atoms with Crippen LogP contribution in [0.1, 0.15) is 58.1 Å². The summed E-state index contributed by atoms with van der Waals surface area (Å²) in [5.41, 5.74) is 1.91. The van der Waals surface area contributed by atoms with Crippen LogP contribution in [0.25, 0.3) is 0 Å². The van der Waals surface area contributed by atoms with Crippen LogP contribution in [-0.4, -0.2) is 73.8 Å². The smallest absolute Gasteiger partial charge is 0.00595 e. The molecule has 0 amide bonds. The van der Waals surface area contributed by atoms with Gasteiger partial charge in [-0.25, -0.2) is 0 Å². The maximum Gasteiger partial charge on any atom is -0.00595 e. The number of halogens is 2. The molecular formula is C33H55Cl2N2O4RuSSi-. The number of allylic oxidation sites excluding steroid dienone is 1. The average Bonchev–Trinajstić information content (AvgIpc) is 3.59. The second-order valence-corrected chi connectivity index (χ2v) is 22.4. The molecule has 0 aromatic heterocycles. The summed E-state index contributed by atoms with van der Waals surface area (Å²) in [6, 6.07) is 6.86. The first-order valence-corrected chi connectivity index (χ1v) is 25.2. The SMILES string of the molecule is C=CC1CCC(/C=C/C[Si](C)(C)OC)C1OC(=O)CCc1ccc(OC(C)C)c([CH]=[Ru]([Cl])[Cl])c1.CC.CSN1[CH-]N(C)CC1. The first-order valence-electron chi connectivity index (χ1n) is 15.4. The molecule has 11 heteroatoms. The summed E-state index contributed by atoms with van der Waals surface area (Å²) >= 11 is -0.237. The van der Waals surface area contributed by atoms with Crippen LogP contribution in [-0.2, 0) is 33.9 Å². The van der Waals surface area contributed by atoms with Crippen molar-refractivity contribution < 1.29 is 32.2 Å². The molecule has 1 aromatic rings. The van der Waals surface area contributed by atoms with Crippen molar-refractivity contribution in [3.63, 3.8) is 0 Å². The van der Waals surface area contributed by atoms with Gasteiger partial charge < -0.3 is 13.6 Å². The number of carbonyl (C=O) groups excluding carboxylic acids is 1. The normalized spacial score (nSPS) is 20.9. The second kappa shape index (κ2) is 22.1. The van der Waals surface area contributed by atoms with Crippen LogP contribution in [0, 0.1) is 18.5 Å². The first-order chi connectivity index (χ1) is 20.9. The van der Waals surface area contributed by atoms with Crippen LogP contribution < -0.4 is 4.74 Å². The van der Waals surface area contributed by atoms with Crippen LogP contribution in [0.5, 0.6) is 5.75 Å². The number of carbonyl (C=O) groups is 1. The number of hydrogen-bond donors (Lipinski definition) is 0. The third kappa shape index (κ3) is 15.9. The molecular weight excluding hydrogens is 721 g/mol. The number of aryl methyl sites for hydroxylation is 1. The number of nitrogens with zero attached hydrogens (tertiary/aromatic N) is 2. The van der Waals surface area contributed by atoms with Crippen molar-refractivity contribution in [2.45, 2.75) is 84.7 Å². The Morgan fingerprint density at radius 2 is 1.91 bits per heavy atom. The van der Waals surface area contributed by atoms with Crippen molar-refractivity contribution in [1.82, 2.24) is 9.21 Å². The predicted molar refractivity (Wildman–Crippen MR) is 191 cm³/mol. The van der Waals surface area contributed by atoms with E-state index in [1.54, 1.807) is 19.1 Å². The fourth-order valence-electron chi connectivity index (χ4n) is 4.74. The number of ether oxygens (including phenoxy) is 2. The molecule has 1 saturated heterocycles. The van der Waals surface area contributed by atoms with Crippen molar-refractivity contribution in [3.05, 3.63) is 60.8 Å². The van der Waals surface area contributed by atoms with Crippen LogP contribution in [0.15, 0.2) is 43.0 Å². The Morgan fingerprint density at radius 1 is 1.23 bits per heavy atom. The molecule has 3 unspecified atom stereocenters. The van der Waals surface area contributed by atoms with Gasteiger partial charge in [0.2, 0.25) is 0 Å². The van der Waals surface area contributed by atoms with E-state index in [9.17, 15) is 4.79 Å². The molecule has 1 aliphatic heterocycles. The fraction of sp³-hybridized carbons (Fsp3) is 0.606. The van der Waals surface area contributed by atoms with E-state index in [1.807, 2.05) is 56.6 Å². The standard InChI is InChI=1S/C26H38O4Si.C5H11N2S.C2H6.2ClH.Ru/c1-8-22-13-14-23(10-9-17-31(6,7)28-5)26(22)30-25(27)16-12-21-11-15-24(20(4)18-21)29-19(2)3;1-6-3-4-7(5-6)8-2;1-2;;;/h4,8-11,15,18-19,22-23,26H,1,12-14,16-17H2,2-3,5-7H3;5H,3-4H2,1-2H3;1-2H3;2*1H;/q;-1;;;;+2/p-2/b10-9+;;;;;. The van der Waals surface area contributed by atoms with E-state index in [2.05, 4.69) is 61.0 Å². The summed E-state index contributed by atoms with van der Waals surface area (Å²) in [6.07, 6.45) is 11.2. The Bertz CT molecular complexity index is 1070. The summed E-state index contributed by atoms with van der Waals surface area (Å²) in [7, 11) is 14.5. The van der Waals surface area contributed by atoms with Gasteiger partial charge in [0.15, 0.2) is 8.32 Å². The average molecular weight is 776 g/mol. The topological polar surface area (TPSA) is 51.2 Å². The van der Waals surface area contributed by atoms with E-state index in [4.69, 9.17) is 33.3 Å². The van der Waals surface area contributed by atoms with Gasteiger partial charge in [0.1, 0.15) is 0 Å². The molecule has 1 aromatic carbocycles. The van der Waals surface area contributed by atoms with Crippen molar-refractivity contribution >= 4 is 50.2 Å². The largest absolute Gasteiger partial charge is 0.443 e. The zero-order valence-corrected chi connectivity index (χ0v) is 33.2. The van der Waals surface area contributed by atoms with E-state index >= 15 is 0 Å². The quantitative estimate of drug-likeness (QED) is 0.0654. The Kier molecular flexibility index (Phi) is 20.9. The summed E-state index contributed by atoms with van der Waals surface area (Å²) in [4.78, 5) is 15.0. The van der Waals surface area contributed by atoms with Gasteiger partial charge in [0, 0.05) is 7.11 Å². The van der Waals surface area contributed by atoms with E-state index in [0.717, 1.165) is 42.3 Å². The van der Waals surface area contributed by atoms with Gasteiger partial charge in [-0.1, -0.05) is 13.8 Å². The minimum absolute atomic E-state index is 0.0495. The molecule has 44 heavy (non-hydrogen) atoms. The Morgan fingerprint density at radius 3 is 2.43 bits per heavy atom. The van der Waals surface area contributed by atoms with Crippen LogP contribution in [0.3, 0.4) is 0 Å².